The number of ether oxygens (including phenoxy) is 2. The van der Waals surface area contributed by atoms with Crippen molar-refractivity contribution in [2.24, 2.45) is 0 Å². The second-order valence-corrected chi connectivity index (χ2v) is 11.8. The lowest BCUT2D eigenvalue weighted by molar-refractivity contribution is -0.274. The molecule has 0 atom stereocenters. The summed E-state index contributed by atoms with van der Waals surface area (Å²) in [5, 5.41) is 10.1. The molecule has 2 aromatic carbocycles. The lowest BCUT2D eigenvalue weighted by Crippen LogP contribution is -2.48. The first kappa shape index (κ1) is 27.5. The van der Waals surface area contributed by atoms with E-state index in [9.17, 15) is 26.7 Å². The lowest BCUT2D eigenvalue weighted by Gasteiger charge is -2.42. The molecule has 3 aromatic rings. The Bertz CT molecular complexity index is 1420. The third-order valence-corrected chi connectivity index (χ3v) is 9.24. The topological polar surface area (TPSA) is 92.2 Å². The zero-order valence-electron chi connectivity index (χ0n) is 21.4. The minimum Gasteiger partial charge on any atom is -0.497 e. The number of alkyl halides is 3. The summed E-state index contributed by atoms with van der Waals surface area (Å²) in [4.78, 5) is 8.52. The second kappa shape index (κ2) is 10.8. The fourth-order valence-electron chi connectivity index (χ4n) is 5.45. The normalized spacial score (nSPS) is 18.4. The third-order valence-electron chi connectivity index (χ3n) is 7.47. The number of benzene rings is 2. The minimum absolute atomic E-state index is 0.0233. The number of aliphatic hydroxyl groups is 1. The molecule has 39 heavy (non-hydrogen) atoms. The van der Waals surface area contributed by atoms with Crippen molar-refractivity contribution in [2.75, 3.05) is 38.2 Å². The largest absolute Gasteiger partial charge is 0.573 e. The molecule has 8 nitrogen and oxygen atoms in total. The van der Waals surface area contributed by atoms with Gasteiger partial charge in [0.05, 0.1) is 29.3 Å². The minimum atomic E-state index is -4.89. The van der Waals surface area contributed by atoms with E-state index in [1.165, 1.54) is 55.8 Å². The first-order chi connectivity index (χ1) is 18.5. The first-order valence-electron chi connectivity index (χ1n) is 12.8. The molecule has 0 radical (unpaired) electrons. The fraction of sp³-hybridized carbons (Fsp3) is 0.444. The molecule has 2 fully saturated rings. The van der Waals surface area contributed by atoms with E-state index in [2.05, 4.69) is 14.6 Å². The van der Waals surface area contributed by atoms with E-state index in [1.54, 1.807) is 0 Å². The molecular weight excluding hydrogens is 535 g/mol. The molecule has 0 bridgehead atoms. The number of rotatable bonds is 6. The molecule has 5 rings (SSSR count). The van der Waals surface area contributed by atoms with E-state index in [4.69, 9.17) is 4.74 Å². The van der Waals surface area contributed by atoms with Crippen LogP contribution in [0.25, 0.3) is 10.9 Å². The summed E-state index contributed by atoms with van der Waals surface area (Å²) in [6.07, 6.45) is -0.943. The van der Waals surface area contributed by atoms with Gasteiger partial charge in [-0.3, -0.25) is 4.98 Å². The van der Waals surface area contributed by atoms with E-state index >= 15 is 0 Å². The average molecular weight is 566 g/mol. The summed E-state index contributed by atoms with van der Waals surface area (Å²) in [5.41, 5.74) is 0.677. The zero-order chi connectivity index (χ0) is 27.8. The highest BCUT2D eigenvalue weighted by Gasteiger charge is 2.34. The van der Waals surface area contributed by atoms with Crippen molar-refractivity contribution in [2.45, 2.75) is 54.0 Å². The van der Waals surface area contributed by atoms with Gasteiger partial charge in [0.25, 0.3) is 0 Å². The van der Waals surface area contributed by atoms with Crippen LogP contribution in [0.2, 0.25) is 0 Å². The smallest absolute Gasteiger partial charge is 0.497 e. The first-order valence-corrected chi connectivity index (χ1v) is 14.3. The van der Waals surface area contributed by atoms with Crippen LogP contribution in [-0.4, -0.2) is 75.2 Å². The van der Waals surface area contributed by atoms with Crippen molar-refractivity contribution < 1.29 is 36.2 Å². The molecule has 2 saturated heterocycles. The van der Waals surface area contributed by atoms with Gasteiger partial charge < -0.3 is 24.4 Å². The van der Waals surface area contributed by atoms with Gasteiger partial charge >= 0.3 is 6.36 Å². The Hall–Kier alpha value is -3.09. The van der Waals surface area contributed by atoms with Crippen molar-refractivity contribution in [1.29, 1.82) is 0 Å². The highest BCUT2D eigenvalue weighted by molar-refractivity contribution is 7.91. The summed E-state index contributed by atoms with van der Waals surface area (Å²) in [5.74, 6) is 0.0471. The van der Waals surface area contributed by atoms with Crippen LogP contribution in [0.3, 0.4) is 0 Å². The van der Waals surface area contributed by atoms with Crippen molar-refractivity contribution in [1.82, 2.24) is 9.88 Å². The van der Waals surface area contributed by atoms with Gasteiger partial charge in [-0.2, -0.15) is 0 Å². The standard InChI is InChI=1S/C27H30F3N3O5S/c1-37-20-2-5-22(6-3-20)39(35,36)25-17-31-24-7-4-21(38-27(28,29)30)16-23(24)26(25)33-12-8-18(9-13-33)32-14-10-19(34)11-15-32/h2-7,16-19,34H,8-15H2,1H3. The molecule has 1 N–H and O–H groups in total. The number of aromatic nitrogens is 1. The number of aliphatic hydroxyl groups excluding tert-OH is 1. The molecule has 12 heteroatoms. The Morgan fingerprint density at radius 3 is 2.21 bits per heavy atom. The summed E-state index contributed by atoms with van der Waals surface area (Å²) in [6.45, 7) is 2.63. The van der Waals surface area contributed by atoms with E-state index < -0.39 is 21.9 Å². The van der Waals surface area contributed by atoms with Gasteiger partial charge in [0, 0.05) is 43.8 Å². The van der Waals surface area contributed by atoms with Crippen LogP contribution in [0.4, 0.5) is 18.9 Å². The number of halogens is 3. The predicted molar refractivity (Wildman–Crippen MR) is 139 cm³/mol. The van der Waals surface area contributed by atoms with Gasteiger partial charge in [-0.25, -0.2) is 8.42 Å². The molecule has 0 spiro atoms. The second-order valence-electron chi connectivity index (χ2n) is 9.86. The Balaban J connectivity index is 1.55. The molecule has 0 amide bonds. The molecule has 3 heterocycles. The van der Waals surface area contributed by atoms with Gasteiger partial charge in [-0.05, 0) is 68.1 Å². The average Bonchev–Trinajstić information content (AvgIpc) is 2.92. The van der Waals surface area contributed by atoms with Crippen LogP contribution in [0.5, 0.6) is 11.5 Å². The highest BCUT2D eigenvalue weighted by atomic mass is 32.2. The molecule has 0 unspecified atom stereocenters. The van der Waals surface area contributed by atoms with Crippen molar-refractivity contribution in [3.8, 4) is 11.5 Å². The van der Waals surface area contributed by atoms with E-state index in [0.29, 0.717) is 30.0 Å². The van der Waals surface area contributed by atoms with E-state index in [-0.39, 0.29) is 27.3 Å². The number of sulfone groups is 1. The summed E-state index contributed by atoms with van der Waals surface area (Å²) in [6, 6.07) is 10.00. The molecule has 210 valence electrons. The summed E-state index contributed by atoms with van der Waals surface area (Å²) >= 11 is 0. The van der Waals surface area contributed by atoms with E-state index in [1.807, 2.05) is 4.90 Å². The number of fused-ring (bicyclic) bond motifs is 1. The maximum Gasteiger partial charge on any atom is 0.573 e. The van der Waals surface area contributed by atoms with Crippen LogP contribution in [0.1, 0.15) is 25.7 Å². The Morgan fingerprint density at radius 1 is 0.949 bits per heavy atom. The number of methoxy groups -OCH3 is 1. The lowest BCUT2D eigenvalue weighted by atomic mass is 9.98. The molecule has 0 saturated carbocycles. The Morgan fingerprint density at radius 2 is 1.59 bits per heavy atom. The molecule has 2 aliphatic heterocycles. The molecule has 2 aliphatic rings. The number of hydrogen-bond donors (Lipinski definition) is 1. The van der Waals surface area contributed by atoms with Gasteiger partial charge in [0.1, 0.15) is 16.4 Å². The van der Waals surface area contributed by atoms with Gasteiger partial charge in [0.15, 0.2) is 0 Å². The monoisotopic (exact) mass is 565 g/mol. The molecule has 1 aromatic heterocycles. The van der Waals surface area contributed by atoms with Crippen molar-refractivity contribution in [3.63, 3.8) is 0 Å². The SMILES string of the molecule is COc1ccc(S(=O)(=O)c2cnc3ccc(OC(F)(F)F)cc3c2N2CCC(N3CCC(O)CC3)CC2)cc1. The van der Waals surface area contributed by atoms with Crippen LogP contribution >= 0.6 is 0 Å². The van der Waals surface area contributed by atoms with Crippen molar-refractivity contribution >= 4 is 26.4 Å². The van der Waals surface area contributed by atoms with Crippen LogP contribution in [0.15, 0.2) is 58.5 Å². The Kier molecular flexibility index (Phi) is 7.62. The maximum absolute atomic E-state index is 13.8. The third kappa shape index (κ3) is 5.92. The maximum atomic E-state index is 13.8. The number of pyridine rings is 1. The molecule has 0 aliphatic carbocycles. The number of likely N-dealkylation sites (tertiary alicyclic amines) is 1. The van der Waals surface area contributed by atoms with E-state index in [0.717, 1.165) is 38.8 Å². The number of anilines is 1. The van der Waals surface area contributed by atoms with Crippen molar-refractivity contribution in [3.05, 3.63) is 48.7 Å². The predicted octanol–water partition coefficient (Wildman–Crippen LogP) is 4.40. The van der Waals surface area contributed by atoms with Gasteiger partial charge in [-0.1, -0.05) is 0 Å². The Labute approximate surface area is 224 Å². The quantitative estimate of drug-likeness (QED) is 0.470. The van der Waals surface area contributed by atoms with Gasteiger partial charge in [0.2, 0.25) is 9.84 Å². The number of hydrogen-bond acceptors (Lipinski definition) is 8. The highest BCUT2D eigenvalue weighted by Crippen LogP contribution is 2.40. The summed E-state index contributed by atoms with van der Waals surface area (Å²) in [7, 11) is -2.61. The fourth-order valence-corrected chi connectivity index (χ4v) is 6.88. The van der Waals surface area contributed by atoms with Gasteiger partial charge in [-0.15, -0.1) is 13.2 Å². The van der Waals surface area contributed by atoms with Crippen LogP contribution in [0, 0.1) is 0 Å². The zero-order valence-corrected chi connectivity index (χ0v) is 22.2. The molecular formula is C27H30F3N3O5S. The van der Waals surface area contributed by atoms with Crippen LogP contribution < -0.4 is 14.4 Å². The van der Waals surface area contributed by atoms with Crippen LogP contribution in [-0.2, 0) is 9.84 Å². The number of piperidine rings is 2. The summed E-state index contributed by atoms with van der Waals surface area (Å²) < 4.78 is 76.0. The number of nitrogens with zero attached hydrogens (tertiary/aromatic N) is 3.